The SMILES string of the molecule is CC(C)(C)OC12CC3CC(C1)CC(C(=O)OCCC(F)C(F)(F)S(=O)(=O)O)(C3)C2. The van der Waals surface area contributed by atoms with Crippen LogP contribution in [0.3, 0.4) is 0 Å². The van der Waals surface area contributed by atoms with Gasteiger partial charge in [-0.3, -0.25) is 9.35 Å². The third-order valence-corrected chi connectivity index (χ3v) is 7.22. The van der Waals surface area contributed by atoms with E-state index in [9.17, 15) is 26.4 Å². The molecule has 4 rings (SSSR count). The monoisotopic (exact) mass is 442 g/mol. The fourth-order valence-corrected chi connectivity index (χ4v) is 6.37. The van der Waals surface area contributed by atoms with Crippen molar-refractivity contribution in [1.82, 2.24) is 0 Å². The highest BCUT2D eigenvalue weighted by molar-refractivity contribution is 7.86. The molecule has 1 N–H and O–H groups in total. The lowest BCUT2D eigenvalue weighted by Gasteiger charge is -2.61. The van der Waals surface area contributed by atoms with Gasteiger partial charge in [-0.25, -0.2) is 4.39 Å². The van der Waals surface area contributed by atoms with Crippen LogP contribution in [0.25, 0.3) is 0 Å². The molecule has 4 bridgehead atoms. The van der Waals surface area contributed by atoms with Gasteiger partial charge in [0.05, 0.1) is 23.2 Å². The van der Waals surface area contributed by atoms with E-state index in [4.69, 9.17) is 14.0 Å². The number of hydrogen-bond acceptors (Lipinski definition) is 5. The lowest BCUT2D eigenvalue weighted by atomic mass is 9.47. The van der Waals surface area contributed by atoms with Crippen LogP contribution in [0.1, 0.15) is 65.7 Å². The molecule has 3 unspecified atom stereocenters. The van der Waals surface area contributed by atoms with E-state index in [1.165, 1.54) is 0 Å². The summed E-state index contributed by atoms with van der Waals surface area (Å²) in [6.07, 6.45) is 0.352. The number of halogens is 3. The van der Waals surface area contributed by atoms with Crippen molar-refractivity contribution in [2.45, 2.75) is 88.3 Å². The average molecular weight is 442 g/mol. The van der Waals surface area contributed by atoms with Crippen molar-refractivity contribution in [2.75, 3.05) is 6.61 Å². The molecule has 0 saturated heterocycles. The third kappa shape index (κ3) is 4.44. The van der Waals surface area contributed by atoms with Gasteiger partial charge in [0.15, 0.2) is 6.17 Å². The van der Waals surface area contributed by atoms with Gasteiger partial charge in [-0.2, -0.15) is 17.2 Å². The van der Waals surface area contributed by atoms with E-state index in [2.05, 4.69) is 0 Å². The molecule has 0 aromatic rings. The molecule has 4 fully saturated rings. The molecular formula is C19H29F3O6S. The standard InChI is InChI=1S/C19H29F3O6S/c1-16(2,3)28-18-9-12-6-13(10-18)8-17(7-12,11-18)15(23)27-5-4-14(20)19(21,22)29(24,25)26/h12-14H,4-11H2,1-3H3,(H,24,25,26). The first kappa shape index (κ1) is 22.8. The summed E-state index contributed by atoms with van der Waals surface area (Å²) in [5, 5.41) is -4.94. The molecule has 0 radical (unpaired) electrons. The number of alkyl halides is 3. The summed E-state index contributed by atoms with van der Waals surface area (Å²) in [5.74, 6) is 0.0868. The summed E-state index contributed by atoms with van der Waals surface area (Å²) in [5.41, 5.74) is -1.56. The van der Waals surface area contributed by atoms with Gasteiger partial charge in [-0.1, -0.05) is 0 Å². The summed E-state index contributed by atoms with van der Waals surface area (Å²) < 4.78 is 81.4. The quantitative estimate of drug-likeness (QED) is 0.475. The van der Waals surface area contributed by atoms with Crippen LogP contribution in [0.5, 0.6) is 0 Å². The Hall–Kier alpha value is -0.870. The number of rotatable bonds is 7. The molecule has 0 aromatic heterocycles. The predicted octanol–water partition coefficient (Wildman–Crippen LogP) is 3.89. The second-order valence-corrected chi connectivity index (χ2v) is 11.6. The van der Waals surface area contributed by atoms with Gasteiger partial charge in [-0.15, -0.1) is 0 Å². The maximum atomic E-state index is 13.6. The van der Waals surface area contributed by atoms with Crippen molar-refractivity contribution in [3.63, 3.8) is 0 Å². The topological polar surface area (TPSA) is 89.9 Å². The van der Waals surface area contributed by atoms with Crippen molar-refractivity contribution in [2.24, 2.45) is 17.3 Å². The first-order chi connectivity index (χ1) is 13.1. The molecule has 4 aliphatic rings. The maximum Gasteiger partial charge on any atom is 0.400 e. The van der Waals surface area contributed by atoms with E-state index in [0.717, 1.165) is 19.3 Å². The van der Waals surface area contributed by atoms with Crippen LogP contribution in [0, 0.1) is 17.3 Å². The highest BCUT2D eigenvalue weighted by Crippen LogP contribution is 2.63. The predicted molar refractivity (Wildman–Crippen MR) is 97.7 cm³/mol. The first-order valence-corrected chi connectivity index (χ1v) is 11.4. The molecule has 6 nitrogen and oxygen atoms in total. The van der Waals surface area contributed by atoms with Crippen molar-refractivity contribution in [1.29, 1.82) is 0 Å². The molecule has 4 aliphatic carbocycles. The van der Waals surface area contributed by atoms with E-state index in [0.29, 0.717) is 31.1 Å². The Morgan fingerprint density at radius 1 is 1.17 bits per heavy atom. The Morgan fingerprint density at radius 3 is 2.21 bits per heavy atom. The summed E-state index contributed by atoms with van der Waals surface area (Å²) in [4.78, 5) is 12.9. The number of esters is 1. The van der Waals surface area contributed by atoms with Crippen LogP contribution in [-0.2, 0) is 24.4 Å². The maximum absolute atomic E-state index is 13.6. The number of carbonyl (C=O) groups is 1. The largest absolute Gasteiger partial charge is 0.465 e. The number of carbonyl (C=O) groups excluding carboxylic acids is 1. The number of ether oxygens (including phenoxy) is 2. The van der Waals surface area contributed by atoms with Crippen LogP contribution in [0.4, 0.5) is 13.2 Å². The minimum absolute atomic E-state index is 0.323. The number of hydrogen-bond donors (Lipinski definition) is 1. The highest BCUT2D eigenvalue weighted by atomic mass is 32.2. The summed E-state index contributed by atoms with van der Waals surface area (Å²) in [6.45, 7) is 5.21. The van der Waals surface area contributed by atoms with Crippen molar-refractivity contribution in [3.8, 4) is 0 Å². The summed E-state index contributed by atoms with van der Waals surface area (Å²) in [7, 11) is -5.88. The lowest BCUT2D eigenvalue weighted by Crippen LogP contribution is -2.61. The molecular weight excluding hydrogens is 413 g/mol. The first-order valence-electron chi connectivity index (χ1n) is 9.94. The Labute approximate surface area is 169 Å². The van der Waals surface area contributed by atoms with Gasteiger partial charge in [0.25, 0.3) is 0 Å². The van der Waals surface area contributed by atoms with Crippen LogP contribution >= 0.6 is 0 Å². The minimum Gasteiger partial charge on any atom is -0.465 e. The van der Waals surface area contributed by atoms with Crippen LogP contribution in [-0.4, -0.2) is 48.2 Å². The zero-order chi connectivity index (χ0) is 21.9. The van der Waals surface area contributed by atoms with E-state index >= 15 is 0 Å². The molecule has 0 amide bonds. The highest BCUT2D eigenvalue weighted by Gasteiger charge is 2.62. The molecule has 3 atom stereocenters. The lowest BCUT2D eigenvalue weighted by molar-refractivity contribution is -0.237. The van der Waals surface area contributed by atoms with Gasteiger partial charge >= 0.3 is 21.3 Å². The molecule has 4 saturated carbocycles. The molecule has 0 aliphatic heterocycles. The second kappa shape index (κ2) is 7.09. The van der Waals surface area contributed by atoms with Gasteiger partial charge < -0.3 is 9.47 Å². The Bertz CT molecular complexity index is 746. The fraction of sp³-hybridized carbons (Fsp3) is 0.947. The van der Waals surface area contributed by atoms with Crippen molar-refractivity contribution in [3.05, 3.63) is 0 Å². The van der Waals surface area contributed by atoms with Gasteiger partial charge in [0.2, 0.25) is 0 Å². The Balaban J connectivity index is 1.65. The Kier molecular flexibility index (Phi) is 5.57. The average Bonchev–Trinajstić information content (AvgIpc) is 2.49. The Morgan fingerprint density at radius 2 is 1.72 bits per heavy atom. The van der Waals surface area contributed by atoms with E-state index in [1.807, 2.05) is 20.8 Å². The normalized spacial score (nSPS) is 35.6. The second-order valence-electron chi connectivity index (χ2n) is 10.1. The molecule has 10 heteroatoms. The zero-order valence-electron chi connectivity index (χ0n) is 16.9. The summed E-state index contributed by atoms with van der Waals surface area (Å²) in [6, 6.07) is 0. The van der Waals surface area contributed by atoms with Crippen LogP contribution < -0.4 is 0 Å². The third-order valence-electron chi connectivity index (χ3n) is 6.28. The molecule has 0 aromatic carbocycles. The fourth-order valence-electron chi connectivity index (χ4n) is 5.92. The molecule has 0 heterocycles. The van der Waals surface area contributed by atoms with Gasteiger partial charge in [0.1, 0.15) is 0 Å². The van der Waals surface area contributed by atoms with Crippen LogP contribution in [0.2, 0.25) is 0 Å². The van der Waals surface area contributed by atoms with E-state index < -0.39 is 51.6 Å². The summed E-state index contributed by atoms with van der Waals surface area (Å²) >= 11 is 0. The molecule has 29 heavy (non-hydrogen) atoms. The van der Waals surface area contributed by atoms with Gasteiger partial charge in [0, 0.05) is 6.42 Å². The zero-order valence-corrected chi connectivity index (χ0v) is 17.7. The van der Waals surface area contributed by atoms with E-state index in [1.54, 1.807) is 0 Å². The minimum atomic E-state index is -5.88. The smallest absolute Gasteiger partial charge is 0.400 e. The van der Waals surface area contributed by atoms with Gasteiger partial charge in [-0.05, 0) is 71.1 Å². The van der Waals surface area contributed by atoms with Crippen molar-refractivity contribution >= 4 is 16.1 Å². The molecule has 0 spiro atoms. The van der Waals surface area contributed by atoms with Crippen LogP contribution in [0.15, 0.2) is 0 Å². The van der Waals surface area contributed by atoms with Crippen molar-refractivity contribution < 1.29 is 40.4 Å². The van der Waals surface area contributed by atoms with E-state index in [-0.39, 0.29) is 5.60 Å². The molecule has 168 valence electrons.